The van der Waals surface area contributed by atoms with E-state index in [2.05, 4.69) is 24.3 Å². The summed E-state index contributed by atoms with van der Waals surface area (Å²) in [6, 6.07) is 8.81. The number of nitrogens with two attached hydrogens (primary N) is 1. The van der Waals surface area contributed by atoms with E-state index in [1.807, 2.05) is 0 Å². The number of fused-ring (bicyclic) bond motifs is 5. The zero-order valence-electron chi connectivity index (χ0n) is 8.76. The van der Waals surface area contributed by atoms with Gasteiger partial charge >= 0.3 is 0 Å². The summed E-state index contributed by atoms with van der Waals surface area (Å²) < 4.78 is 0. The second-order valence-corrected chi connectivity index (χ2v) is 4.86. The smallest absolute Gasteiger partial charge is 0.0465 e. The van der Waals surface area contributed by atoms with E-state index >= 15 is 0 Å². The predicted octanol–water partition coefficient (Wildman–Crippen LogP) is 1.60. The lowest BCUT2D eigenvalue weighted by atomic mass is 9.75. The second-order valence-electron chi connectivity index (χ2n) is 4.86. The summed E-state index contributed by atoms with van der Waals surface area (Å²) in [6.07, 6.45) is 2.26. The van der Waals surface area contributed by atoms with Crippen LogP contribution in [0.1, 0.15) is 35.8 Å². The van der Waals surface area contributed by atoms with E-state index in [9.17, 15) is 5.11 Å². The molecular weight excluding hydrogens is 186 g/mol. The van der Waals surface area contributed by atoms with Crippen molar-refractivity contribution in [2.24, 2.45) is 11.7 Å². The minimum absolute atomic E-state index is 0.230. The summed E-state index contributed by atoms with van der Waals surface area (Å²) >= 11 is 0. The Morgan fingerprint density at radius 2 is 1.93 bits per heavy atom. The van der Waals surface area contributed by atoms with Gasteiger partial charge in [0.2, 0.25) is 0 Å². The molecule has 2 bridgehead atoms. The molecule has 0 heterocycles. The van der Waals surface area contributed by atoms with Crippen LogP contribution in [0.2, 0.25) is 0 Å². The van der Waals surface area contributed by atoms with Gasteiger partial charge < -0.3 is 10.8 Å². The van der Waals surface area contributed by atoms with E-state index in [1.165, 1.54) is 11.1 Å². The Morgan fingerprint density at radius 1 is 1.20 bits per heavy atom. The Hall–Kier alpha value is -0.860. The molecule has 0 radical (unpaired) electrons. The minimum Gasteiger partial charge on any atom is -0.396 e. The standard InChI is InChI=1S/C13H17NO/c14-13-11-6-5-8(7-15)12(13)10-4-2-1-3-9(10)11/h1-4,8,11-13,15H,5-7,14H2. The molecule has 1 aromatic carbocycles. The topological polar surface area (TPSA) is 46.2 Å². The minimum atomic E-state index is 0.230. The highest BCUT2D eigenvalue weighted by molar-refractivity contribution is 5.43. The van der Waals surface area contributed by atoms with Crippen LogP contribution in [0.3, 0.4) is 0 Å². The normalized spacial score (nSPS) is 37.7. The quantitative estimate of drug-likeness (QED) is 0.728. The van der Waals surface area contributed by atoms with Crippen LogP contribution < -0.4 is 5.73 Å². The van der Waals surface area contributed by atoms with Crippen molar-refractivity contribution in [3.8, 4) is 0 Å². The summed E-state index contributed by atoms with van der Waals surface area (Å²) in [4.78, 5) is 0. The molecular formula is C13H17NO. The van der Waals surface area contributed by atoms with Gasteiger partial charge in [-0.3, -0.25) is 0 Å². The van der Waals surface area contributed by atoms with Gasteiger partial charge in [0.05, 0.1) is 0 Å². The number of aliphatic hydroxyl groups excluding tert-OH is 1. The van der Waals surface area contributed by atoms with Gasteiger partial charge in [0, 0.05) is 18.6 Å². The Kier molecular flexibility index (Phi) is 2.08. The molecule has 1 saturated carbocycles. The van der Waals surface area contributed by atoms with Gasteiger partial charge in [-0.15, -0.1) is 0 Å². The molecule has 3 N–H and O–H groups in total. The van der Waals surface area contributed by atoms with Crippen molar-refractivity contribution in [2.75, 3.05) is 6.61 Å². The highest BCUT2D eigenvalue weighted by Crippen LogP contribution is 2.51. The molecule has 2 heteroatoms. The lowest BCUT2D eigenvalue weighted by molar-refractivity contribution is 0.159. The van der Waals surface area contributed by atoms with Gasteiger partial charge in [-0.1, -0.05) is 24.3 Å². The average molecular weight is 203 g/mol. The van der Waals surface area contributed by atoms with Crippen molar-refractivity contribution in [3.05, 3.63) is 35.4 Å². The predicted molar refractivity (Wildman–Crippen MR) is 59.7 cm³/mol. The lowest BCUT2D eigenvalue weighted by Crippen LogP contribution is -2.38. The third-order valence-electron chi connectivity index (χ3n) is 4.22. The molecule has 15 heavy (non-hydrogen) atoms. The number of hydrogen-bond acceptors (Lipinski definition) is 2. The van der Waals surface area contributed by atoms with Gasteiger partial charge in [-0.25, -0.2) is 0 Å². The van der Waals surface area contributed by atoms with Gasteiger partial charge in [0.15, 0.2) is 0 Å². The Bertz CT molecular complexity index is 375. The third-order valence-corrected chi connectivity index (χ3v) is 4.22. The van der Waals surface area contributed by atoms with Crippen LogP contribution in [-0.4, -0.2) is 17.8 Å². The van der Waals surface area contributed by atoms with Crippen molar-refractivity contribution < 1.29 is 5.11 Å². The summed E-state index contributed by atoms with van der Waals surface area (Å²) in [7, 11) is 0. The maximum Gasteiger partial charge on any atom is 0.0465 e. The van der Waals surface area contributed by atoms with Crippen LogP contribution in [0.25, 0.3) is 0 Å². The van der Waals surface area contributed by atoms with E-state index in [-0.39, 0.29) is 12.6 Å². The molecule has 4 atom stereocenters. The molecule has 2 aliphatic carbocycles. The van der Waals surface area contributed by atoms with Gasteiger partial charge in [0.1, 0.15) is 0 Å². The molecule has 1 aromatic rings. The van der Waals surface area contributed by atoms with Crippen LogP contribution in [-0.2, 0) is 0 Å². The maximum absolute atomic E-state index is 9.40. The maximum atomic E-state index is 9.40. The van der Waals surface area contributed by atoms with E-state index in [0.29, 0.717) is 17.8 Å². The fraction of sp³-hybridized carbons (Fsp3) is 0.538. The number of rotatable bonds is 1. The fourth-order valence-corrected chi connectivity index (χ4v) is 3.51. The van der Waals surface area contributed by atoms with Crippen LogP contribution in [0.5, 0.6) is 0 Å². The largest absolute Gasteiger partial charge is 0.396 e. The second kappa shape index (κ2) is 3.32. The van der Waals surface area contributed by atoms with Crippen molar-refractivity contribution in [2.45, 2.75) is 30.7 Å². The molecule has 4 unspecified atom stereocenters. The van der Waals surface area contributed by atoms with Crippen molar-refractivity contribution in [3.63, 3.8) is 0 Å². The molecule has 0 amide bonds. The van der Waals surface area contributed by atoms with Gasteiger partial charge in [-0.05, 0) is 35.8 Å². The van der Waals surface area contributed by atoms with Gasteiger partial charge in [0.25, 0.3) is 0 Å². The molecule has 0 saturated heterocycles. The summed E-state index contributed by atoms with van der Waals surface area (Å²) in [5, 5.41) is 9.40. The van der Waals surface area contributed by atoms with Crippen molar-refractivity contribution in [1.82, 2.24) is 0 Å². The Balaban J connectivity index is 2.10. The van der Waals surface area contributed by atoms with Gasteiger partial charge in [-0.2, -0.15) is 0 Å². The highest BCUT2D eigenvalue weighted by Gasteiger charge is 2.45. The molecule has 1 fully saturated rings. The van der Waals surface area contributed by atoms with E-state index in [4.69, 9.17) is 5.73 Å². The number of benzene rings is 1. The summed E-state index contributed by atoms with van der Waals surface area (Å²) in [5.41, 5.74) is 9.12. The number of hydrogen-bond donors (Lipinski definition) is 2. The van der Waals surface area contributed by atoms with Crippen LogP contribution in [0.4, 0.5) is 0 Å². The lowest BCUT2D eigenvalue weighted by Gasteiger charge is -2.33. The molecule has 2 nitrogen and oxygen atoms in total. The first-order valence-electron chi connectivity index (χ1n) is 5.78. The van der Waals surface area contributed by atoms with Crippen molar-refractivity contribution >= 4 is 0 Å². The molecule has 2 aliphatic rings. The molecule has 0 spiro atoms. The summed E-state index contributed by atoms with van der Waals surface area (Å²) in [5.74, 6) is 1.30. The zero-order valence-corrected chi connectivity index (χ0v) is 8.76. The monoisotopic (exact) mass is 203 g/mol. The third kappa shape index (κ3) is 1.18. The van der Waals surface area contributed by atoms with Crippen LogP contribution in [0, 0.1) is 5.92 Å². The molecule has 80 valence electrons. The fourth-order valence-electron chi connectivity index (χ4n) is 3.51. The first-order valence-corrected chi connectivity index (χ1v) is 5.78. The Morgan fingerprint density at radius 3 is 2.67 bits per heavy atom. The Labute approximate surface area is 90.1 Å². The van der Waals surface area contributed by atoms with Crippen molar-refractivity contribution in [1.29, 1.82) is 0 Å². The molecule has 0 aliphatic heterocycles. The van der Waals surface area contributed by atoms with E-state index in [0.717, 1.165) is 12.8 Å². The van der Waals surface area contributed by atoms with E-state index < -0.39 is 0 Å². The average Bonchev–Trinajstić information content (AvgIpc) is 2.47. The first-order chi connectivity index (χ1) is 7.33. The SMILES string of the molecule is NC1C2CCC(CO)C1c1ccccc12. The molecule has 0 aromatic heterocycles. The van der Waals surface area contributed by atoms with Crippen LogP contribution >= 0.6 is 0 Å². The zero-order chi connectivity index (χ0) is 10.4. The first kappa shape index (κ1) is 9.37. The highest BCUT2D eigenvalue weighted by atomic mass is 16.3. The summed E-state index contributed by atoms with van der Waals surface area (Å²) in [6.45, 7) is 0.277. The van der Waals surface area contributed by atoms with E-state index in [1.54, 1.807) is 0 Å². The van der Waals surface area contributed by atoms with Crippen LogP contribution in [0.15, 0.2) is 24.3 Å². The number of aliphatic hydroxyl groups is 1. The molecule has 3 rings (SSSR count).